The lowest BCUT2D eigenvalue weighted by Gasteiger charge is -2.02. The number of rotatable bonds is 2. The quantitative estimate of drug-likeness (QED) is 0.715. The maximum Gasteiger partial charge on any atom is 0.267 e. The molecule has 1 N–H and O–H groups in total. The van der Waals surface area contributed by atoms with Crippen LogP contribution in [0.15, 0.2) is 11.0 Å². The zero-order valence-electron chi connectivity index (χ0n) is 6.18. The molecule has 0 bridgehead atoms. The second-order valence-corrected chi connectivity index (χ2v) is 2.21. The van der Waals surface area contributed by atoms with Gasteiger partial charge in [0, 0.05) is 6.20 Å². The van der Waals surface area contributed by atoms with Crippen molar-refractivity contribution in [3.63, 3.8) is 0 Å². The molecule has 0 radical (unpaired) electrons. The average molecular weight is 191 g/mol. The number of H-pyrrole nitrogens is 1. The van der Waals surface area contributed by atoms with Gasteiger partial charge in [0.15, 0.2) is 6.29 Å². The van der Waals surface area contributed by atoms with Crippen LogP contribution in [-0.2, 0) is 0 Å². The molecular weight excluding hydrogens is 187 g/mol. The molecule has 0 atom stereocenters. The first kappa shape index (κ1) is 9.50. The van der Waals surface area contributed by atoms with Crippen molar-refractivity contribution in [2.24, 2.45) is 0 Å². The van der Waals surface area contributed by atoms with Gasteiger partial charge in [-0.15, -0.1) is 0 Å². The van der Waals surface area contributed by atoms with Gasteiger partial charge in [0.25, 0.3) is 12.0 Å². The number of pyridine rings is 1. The summed E-state index contributed by atoms with van der Waals surface area (Å²) in [5.74, 6) is -1.29. The number of aromatic amines is 1. The topological polar surface area (TPSA) is 49.9 Å². The second-order valence-electron chi connectivity index (χ2n) is 2.21. The van der Waals surface area contributed by atoms with Crippen LogP contribution in [0.5, 0.6) is 0 Å². The highest BCUT2D eigenvalue weighted by molar-refractivity contribution is 5.76. The van der Waals surface area contributed by atoms with E-state index in [1.807, 2.05) is 4.98 Å². The van der Waals surface area contributed by atoms with Gasteiger partial charge < -0.3 is 4.98 Å². The molecule has 0 aliphatic rings. The Hall–Kier alpha value is -1.59. The van der Waals surface area contributed by atoms with E-state index in [1.54, 1.807) is 0 Å². The summed E-state index contributed by atoms with van der Waals surface area (Å²) >= 11 is 0. The predicted molar refractivity (Wildman–Crippen MR) is 37.4 cm³/mol. The lowest BCUT2D eigenvalue weighted by atomic mass is 10.1. The number of carbonyl (C=O) groups is 1. The number of nitrogens with one attached hydrogen (secondary N) is 1. The monoisotopic (exact) mass is 191 g/mol. The molecule has 1 heterocycles. The Morgan fingerprint density at radius 3 is 2.46 bits per heavy atom. The van der Waals surface area contributed by atoms with Gasteiger partial charge in [0.1, 0.15) is 5.82 Å². The standard InChI is InChI=1S/C7H4F3NO2/c8-4-1-11-7(13)3(2-12)5(4)6(9)10/h1-2,6H,(H,11,13). The summed E-state index contributed by atoms with van der Waals surface area (Å²) in [5, 5.41) is 0. The summed E-state index contributed by atoms with van der Waals surface area (Å²) in [5.41, 5.74) is -3.04. The smallest absolute Gasteiger partial charge is 0.267 e. The van der Waals surface area contributed by atoms with Crippen molar-refractivity contribution in [3.05, 3.63) is 33.5 Å². The minimum atomic E-state index is -3.18. The molecule has 0 unspecified atom stereocenters. The third-order valence-electron chi connectivity index (χ3n) is 1.46. The number of aldehydes is 1. The molecule has 1 aromatic rings. The third kappa shape index (κ3) is 1.61. The highest BCUT2D eigenvalue weighted by Crippen LogP contribution is 2.22. The molecular formula is C7H4F3NO2. The average Bonchev–Trinajstić information content (AvgIpc) is 2.07. The Morgan fingerprint density at radius 1 is 1.46 bits per heavy atom. The van der Waals surface area contributed by atoms with Crippen LogP contribution < -0.4 is 5.56 Å². The fraction of sp³-hybridized carbons (Fsp3) is 0.143. The van der Waals surface area contributed by atoms with Crippen molar-refractivity contribution in [2.45, 2.75) is 6.43 Å². The summed E-state index contributed by atoms with van der Waals surface area (Å²) in [6, 6.07) is 0. The molecule has 13 heavy (non-hydrogen) atoms. The lowest BCUT2D eigenvalue weighted by Crippen LogP contribution is -2.16. The molecule has 0 aromatic carbocycles. The number of hydrogen-bond donors (Lipinski definition) is 1. The number of halogens is 3. The fourth-order valence-corrected chi connectivity index (χ4v) is 0.874. The number of hydrogen-bond acceptors (Lipinski definition) is 2. The molecule has 1 aromatic heterocycles. The Labute approximate surface area is 70.2 Å². The SMILES string of the molecule is O=Cc1c(C(F)F)c(F)c[nH]c1=O. The minimum absolute atomic E-state index is 0.0938. The van der Waals surface area contributed by atoms with Gasteiger partial charge >= 0.3 is 0 Å². The number of aromatic nitrogens is 1. The van der Waals surface area contributed by atoms with Gasteiger partial charge in [-0.2, -0.15) is 0 Å². The van der Waals surface area contributed by atoms with Crippen LogP contribution in [0.3, 0.4) is 0 Å². The molecule has 0 amide bonds. The summed E-state index contributed by atoms with van der Waals surface area (Å²) in [4.78, 5) is 22.7. The van der Waals surface area contributed by atoms with E-state index in [0.29, 0.717) is 6.20 Å². The molecule has 0 aliphatic heterocycles. The Morgan fingerprint density at radius 2 is 2.08 bits per heavy atom. The highest BCUT2D eigenvalue weighted by atomic mass is 19.3. The Bertz CT molecular complexity index is 386. The van der Waals surface area contributed by atoms with Gasteiger partial charge in [0.2, 0.25) is 0 Å². The van der Waals surface area contributed by atoms with Crippen LogP contribution in [0.4, 0.5) is 13.2 Å². The maximum atomic E-state index is 12.7. The van der Waals surface area contributed by atoms with E-state index in [-0.39, 0.29) is 6.29 Å². The molecule has 70 valence electrons. The zero-order valence-corrected chi connectivity index (χ0v) is 6.18. The van der Waals surface area contributed by atoms with Gasteiger partial charge in [0.05, 0.1) is 11.1 Å². The van der Waals surface area contributed by atoms with Crippen LogP contribution in [0, 0.1) is 5.82 Å². The summed E-state index contributed by atoms with van der Waals surface area (Å²) in [7, 11) is 0. The first-order chi connectivity index (χ1) is 6.07. The van der Waals surface area contributed by atoms with Crippen LogP contribution in [0.25, 0.3) is 0 Å². The number of carbonyl (C=O) groups excluding carboxylic acids is 1. The van der Waals surface area contributed by atoms with E-state index in [4.69, 9.17) is 0 Å². The second kappa shape index (κ2) is 3.42. The van der Waals surface area contributed by atoms with Crippen LogP contribution in [0.2, 0.25) is 0 Å². The van der Waals surface area contributed by atoms with Gasteiger partial charge in [-0.25, -0.2) is 13.2 Å². The predicted octanol–water partition coefficient (Wildman–Crippen LogP) is 1.26. The van der Waals surface area contributed by atoms with Crippen LogP contribution >= 0.6 is 0 Å². The first-order valence-corrected chi connectivity index (χ1v) is 3.22. The van der Waals surface area contributed by atoms with E-state index in [2.05, 4.69) is 0 Å². The van der Waals surface area contributed by atoms with Crippen molar-refractivity contribution in [1.29, 1.82) is 0 Å². The van der Waals surface area contributed by atoms with Gasteiger partial charge in [-0.05, 0) is 0 Å². The molecule has 3 nitrogen and oxygen atoms in total. The molecule has 0 saturated carbocycles. The largest absolute Gasteiger partial charge is 0.326 e. The molecule has 6 heteroatoms. The van der Waals surface area contributed by atoms with Gasteiger partial charge in [-0.1, -0.05) is 0 Å². The molecule has 0 spiro atoms. The van der Waals surface area contributed by atoms with E-state index in [0.717, 1.165) is 0 Å². The minimum Gasteiger partial charge on any atom is -0.326 e. The molecule has 0 fully saturated rings. The third-order valence-corrected chi connectivity index (χ3v) is 1.46. The fourth-order valence-electron chi connectivity index (χ4n) is 0.874. The van der Waals surface area contributed by atoms with Crippen molar-refractivity contribution in [2.75, 3.05) is 0 Å². The van der Waals surface area contributed by atoms with E-state index in [1.165, 1.54) is 0 Å². The summed E-state index contributed by atoms with van der Waals surface area (Å²) < 4.78 is 36.9. The van der Waals surface area contributed by atoms with Crippen molar-refractivity contribution < 1.29 is 18.0 Å². The molecule has 0 saturated heterocycles. The maximum absolute atomic E-state index is 12.7. The number of alkyl halides is 2. The first-order valence-electron chi connectivity index (χ1n) is 3.22. The van der Waals surface area contributed by atoms with Gasteiger partial charge in [-0.3, -0.25) is 9.59 Å². The van der Waals surface area contributed by atoms with Crippen LogP contribution in [-0.4, -0.2) is 11.3 Å². The van der Waals surface area contributed by atoms with Crippen molar-refractivity contribution in [3.8, 4) is 0 Å². The Balaban J connectivity index is 3.53. The van der Waals surface area contributed by atoms with E-state index < -0.39 is 28.9 Å². The normalized spacial score (nSPS) is 10.5. The molecule has 0 aliphatic carbocycles. The lowest BCUT2D eigenvalue weighted by molar-refractivity contribution is 0.110. The molecule has 1 rings (SSSR count). The van der Waals surface area contributed by atoms with Crippen molar-refractivity contribution >= 4 is 6.29 Å². The summed E-state index contributed by atoms with van der Waals surface area (Å²) in [6.45, 7) is 0. The van der Waals surface area contributed by atoms with E-state index in [9.17, 15) is 22.8 Å². The highest BCUT2D eigenvalue weighted by Gasteiger charge is 2.20. The van der Waals surface area contributed by atoms with Crippen molar-refractivity contribution in [1.82, 2.24) is 4.98 Å². The Kier molecular flexibility index (Phi) is 2.50. The van der Waals surface area contributed by atoms with Crippen LogP contribution in [0.1, 0.15) is 22.3 Å². The zero-order chi connectivity index (χ0) is 10.0. The summed E-state index contributed by atoms with van der Waals surface area (Å²) in [6.07, 6.45) is -2.78. The van der Waals surface area contributed by atoms with E-state index >= 15 is 0 Å².